The number of nitrogens with zero attached hydrogens (tertiary/aromatic N) is 3. The van der Waals surface area contributed by atoms with Crippen LogP contribution in [0.2, 0.25) is 0 Å². The van der Waals surface area contributed by atoms with Crippen LogP contribution in [0.3, 0.4) is 0 Å². The minimum atomic E-state index is -0.563. The molecular formula is C28H33N3O3. The summed E-state index contributed by atoms with van der Waals surface area (Å²) in [5.41, 5.74) is 6.95. The quantitative estimate of drug-likeness (QED) is 0.747. The molecule has 0 spiro atoms. The number of aliphatic hydroxyl groups is 1. The fraction of sp³-hybridized carbons (Fsp3) is 0.429. The van der Waals surface area contributed by atoms with Crippen LogP contribution in [-0.2, 0) is 24.2 Å². The van der Waals surface area contributed by atoms with Gasteiger partial charge in [0.1, 0.15) is 0 Å². The maximum atomic E-state index is 13.2. The van der Waals surface area contributed by atoms with Crippen LogP contribution in [0.4, 0.5) is 0 Å². The Labute approximate surface area is 201 Å². The summed E-state index contributed by atoms with van der Waals surface area (Å²) >= 11 is 0. The molecule has 0 aliphatic carbocycles. The Morgan fingerprint density at radius 1 is 0.971 bits per heavy atom. The molecule has 1 atom stereocenters. The third-order valence-electron chi connectivity index (χ3n) is 7.41. The molecule has 0 saturated heterocycles. The van der Waals surface area contributed by atoms with E-state index in [9.17, 15) is 14.7 Å². The second-order valence-corrected chi connectivity index (χ2v) is 9.73. The summed E-state index contributed by atoms with van der Waals surface area (Å²) in [6.45, 7) is 6.37. The first kappa shape index (κ1) is 22.8. The fourth-order valence-electron chi connectivity index (χ4n) is 5.45. The monoisotopic (exact) mass is 459 g/mol. The molecule has 0 radical (unpaired) electrons. The summed E-state index contributed by atoms with van der Waals surface area (Å²) in [5.74, 6) is 0.120. The predicted octanol–water partition coefficient (Wildman–Crippen LogP) is 2.74. The van der Waals surface area contributed by atoms with Gasteiger partial charge in [-0.25, -0.2) is 0 Å². The summed E-state index contributed by atoms with van der Waals surface area (Å²) in [6.07, 6.45) is 4.20. The summed E-state index contributed by atoms with van der Waals surface area (Å²) < 4.78 is 0. The zero-order chi connectivity index (χ0) is 23.7. The Morgan fingerprint density at radius 3 is 2.53 bits per heavy atom. The van der Waals surface area contributed by atoms with E-state index < -0.39 is 6.10 Å². The van der Waals surface area contributed by atoms with Crippen molar-refractivity contribution in [1.29, 1.82) is 0 Å². The van der Waals surface area contributed by atoms with Crippen LogP contribution in [0.1, 0.15) is 46.0 Å². The number of rotatable bonds is 5. The summed E-state index contributed by atoms with van der Waals surface area (Å²) in [7, 11) is 0. The number of amides is 2. The molecule has 2 amide bonds. The minimum Gasteiger partial charge on any atom is -0.390 e. The summed E-state index contributed by atoms with van der Waals surface area (Å²) in [4.78, 5) is 30.7. The van der Waals surface area contributed by atoms with Gasteiger partial charge in [-0.3, -0.25) is 14.5 Å². The van der Waals surface area contributed by atoms with Crippen LogP contribution >= 0.6 is 0 Å². The number of β-amino-alcohol motifs (C(OH)–C–C–N with tert-alkyl or cyclic N) is 1. The molecule has 2 aromatic carbocycles. The standard InChI is InChI=1S/C28H33N3O3/c1-20(32)30-13-9-22(10-14-30)23-6-7-27-24(16-23)11-15-31(28(27)34)19-26(33)18-29-12-8-21-4-2-3-5-25(21)17-29/h2-7,9,16,26,33H,8,10-15,17-19H2,1H3. The van der Waals surface area contributed by atoms with Crippen LogP contribution in [-0.4, -0.2) is 77.0 Å². The van der Waals surface area contributed by atoms with Crippen molar-refractivity contribution in [1.82, 2.24) is 14.7 Å². The molecule has 3 heterocycles. The topological polar surface area (TPSA) is 64.1 Å². The molecule has 34 heavy (non-hydrogen) atoms. The lowest BCUT2D eigenvalue weighted by Crippen LogP contribution is -2.46. The maximum absolute atomic E-state index is 13.2. The van der Waals surface area contributed by atoms with Gasteiger partial charge in [-0.1, -0.05) is 42.5 Å². The van der Waals surface area contributed by atoms with Crippen LogP contribution in [0.5, 0.6) is 0 Å². The van der Waals surface area contributed by atoms with Gasteiger partial charge < -0.3 is 14.9 Å². The van der Waals surface area contributed by atoms with E-state index in [0.717, 1.165) is 55.6 Å². The molecule has 178 valence electrons. The summed E-state index contributed by atoms with van der Waals surface area (Å²) in [6, 6.07) is 14.6. The predicted molar refractivity (Wildman–Crippen MR) is 132 cm³/mol. The molecule has 0 aromatic heterocycles. The van der Waals surface area contributed by atoms with Gasteiger partial charge in [0, 0.05) is 58.3 Å². The molecular weight excluding hydrogens is 426 g/mol. The number of hydrogen-bond acceptors (Lipinski definition) is 4. The Balaban J connectivity index is 1.19. The van der Waals surface area contributed by atoms with E-state index in [2.05, 4.69) is 41.3 Å². The fourth-order valence-corrected chi connectivity index (χ4v) is 5.45. The Bertz CT molecular complexity index is 1130. The van der Waals surface area contributed by atoms with Crippen molar-refractivity contribution in [3.05, 3.63) is 76.4 Å². The molecule has 0 fully saturated rings. The van der Waals surface area contributed by atoms with E-state index in [-0.39, 0.29) is 11.8 Å². The van der Waals surface area contributed by atoms with Crippen molar-refractivity contribution in [2.24, 2.45) is 0 Å². The molecule has 5 rings (SSSR count). The number of benzene rings is 2. The van der Waals surface area contributed by atoms with Gasteiger partial charge in [0.2, 0.25) is 5.91 Å². The highest BCUT2D eigenvalue weighted by Crippen LogP contribution is 2.28. The summed E-state index contributed by atoms with van der Waals surface area (Å²) in [5, 5.41) is 10.8. The molecule has 3 aliphatic rings. The zero-order valence-corrected chi connectivity index (χ0v) is 19.9. The number of carbonyl (C=O) groups is 2. The highest BCUT2D eigenvalue weighted by Gasteiger charge is 2.28. The first-order chi connectivity index (χ1) is 16.5. The van der Waals surface area contributed by atoms with Crippen molar-refractivity contribution in [2.45, 2.75) is 38.8 Å². The van der Waals surface area contributed by atoms with Gasteiger partial charge in [-0.05, 0) is 53.2 Å². The van der Waals surface area contributed by atoms with Gasteiger partial charge in [-0.15, -0.1) is 0 Å². The molecule has 3 aliphatic heterocycles. The van der Waals surface area contributed by atoms with Gasteiger partial charge >= 0.3 is 0 Å². The lowest BCUT2D eigenvalue weighted by molar-refractivity contribution is -0.128. The van der Waals surface area contributed by atoms with Crippen molar-refractivity contribution in [2.75, 3.05) is 39.3 Å². The SMILES string of the molecule is CC(=O)N1CC=C(c2ccc3c(c2)CCN(CC(O)CN2CCc4ccccc4C2)C3=O)CC1. The highest BCUT2D eigenvalue weighted by atomic mass is 16.3. The van der Waals surface area contributed by atoms with Gasteiger partial charge in [0.15, 0.2) is 0 Å². The third kappa shape index (κ3) is 4.79. The van der Waals surface area contributed by atoms with Crippen LogP contribution in [0.25, 0.3) is 5.57 Å². The average molecular weight is 460 g/mol. The number of carbonyl (C=O) groups excluding carboxylic acids is 2. The molecule has 0 saturated carbocycles. The van der Waals surface area contributed by atoms with E-state index in [4.69, 9.17) is 0 Å². The van der Waals surface area contributed by atoms with Crippen molar-refractivity contribution < 1.29 is 14.7 Å². The second kappa shape index (κ2) is 9.72. The van der Waals surface area contributed by atoms with E-state index in [0.29, 0.717) is 26.2 Å². The smallest absolute Gasteiger partial charge is 0.254 e. The lowest BCUT2D eigenvalue weighted by Gasteiger charge is -2.34. The lowest BCUT2D eigenvalue weighted by atomic mass is 9.92. The number of aliphatic hydroxyl groups excluding tert-OH is 1. The van der Waals surface area contributed by atoms with E-state index in [1.807, 2.05) is 17.0 Å². The van der Waals surface area contributed by atoms with Gasteiger partial charge in [-0.2, -0.15) is 0 Å². The van der Waals surface area contributed by atoms with Crippen LogP contribution in [0.15, 0.2) is 48.5 Å². The molecule has 2 aromatic rings. The number of fused-ring (bicyclic) bond motifs is 2. The van der Waals surface area contributed by atoms with E-state index >= 15 is 0 Å². The van der Waals surface area contributed by atoms with Gasteiger partial charge in [0.05, 0.1) is 6.10 Å². The van der Waals surface area contributed by atoms with Gasteiger partial charge in [0.25, 0.3) is 5.91 Å². The second-order valence-electron chi connectivity index (χ2n) is 9.73. The Kier molecular flexibility index (Phi) is 6.53. The first-order valence-corrected chi connectivity index (χ1v) is 12.3. The number of hydrogen-bond donors (Lipinski definition) is 1. The Hall–Kier alpha value is -2.96. The minimum absolute atomic E-state index is 0.0104. The highest BCUT2D eigenvalue weighted by molar-refractivity contribution is 5.97. The largest absolute Gasteiger partial charge is 0.390 e. The van der Waals surface area contributed by atoms with Crippen LogP contribution in [0, 0.1) is 0 Å². The van der Waals surface area contributed by atoms with Crippen molar-refractivity contribution in [3.63, 3.8) is 0 Å². The normalized spacial score (nSPS) is 19.4. The van der Waals surface area contributed by atoms with E-state index in [1.54, 1.807) is 11.8 Å². The first-order valence-electron chi connectivity index (χ1n) is 12.3. The zero-order valence-electron chi connectivity index (χ0n) is 19.9. The van der Waals surface area contributed by atoms with Crippen molar-refractivity contribution in [3.8, 4) is 0 Å². The van der Waals surface area contributed by atoms with Crippen LogP contribution < -0.4 is 0 Å². The Morgan fingerprint density at radius 2 is 1.76 bits per heavy atom. The molecule has 1 N–H and O–H groups in total. The molecule has 0 bridgehead atoms. The van der Waals surface area contributed by atoms with Crippen molar-refractivity contribution >= 4 is 17.4 Å². The molecule has 6 heteroatoms. The third-order valence-corrected chi connectivity index (χ3v) is 7.41. The average Bonchev–Trinajstić information content (AvgIpc) is 2.85. The maximum Gasteiger partial charge on any atom is 0.254 e. The molecule has 1 unspecified atom stereocenters. The van der Waals surface area contributed by atoms with E-state index in [1.165, 1.54) is 16.7 Å². The molecule has 6 nitrogen and oxygen atoms in total.